The molecule has 0 fully saturated rings. The number of rotatable bonds is 2. The summed E-state index contributed by atoms with van der Waals surface area (Å²) in [5.74, 6) is 0.390. The second kappa shape index (κ2) is 4.41. The predicted octanol–water partition coefficient (Wildman–Crippen LogP) is 3.16. The second-order valence-electron chi connectivity index (χ2n) is 4.01. The maximum absolute atomic E-state index is 13.2. The number of nitrogen functional groups attached to an aromatic ring is 1. The number of hydrogen-bond donors (Lipinski definition) is 2. The van der Waals surface area contributed by atoms with Gasteiger partial charge < -0.3 is 11.1 Å². The highest BCUT2D eigenvalue weighted by molar-refractivity contribution is 5.59. The molecule has 1 aromatic carbocycles. The molecule has 2 aromatic rings. The van der Waals surface area contributed by atoms with Gasteiger partial charge >= 0.3 is 0 Å². The van der Waals surface area contributed by atoms with E-state index in [1.807, 2.05) is 19.9 Å². The summed E-state index contributed by atoms with van der Waals surface area (Å²) in [5, 5.41) is 3.05. The molecule has 2 rings (SSSR count). The molecule has 0 spiro atoms. The number of halogens is 1. The first-order chi connectivity index (χ1) is 8.04. The third kappa shape index (κ3) is 2.72. The van der Waals surface area contributed by atoms with Crippen molar-refractivity contribution >= 4 is 17.2 Å². The molecule has 0 amide bonds. The first kappa shape index (κ1) is 11.4. The van der Waals surface area contributed by atoms with E-state index in [-0.39, 0.29) is 5.82 Å². The van der Waals surface area contributed by atoms with E-state index in [4.69, 9.17) is 5.73 Å². The smallest absolute Gasteiger partial charge is 0.130 e. The number of hydrogen-bond acceptors (Lipinski definition) is 3. The number of nitrogens with zero attached hydrogens (tertiary/aromatic N) is 1. The van der Waals surface area contributed by atoms with E-state index in [2.05, 4.69) is 10.3 Å². The fraction of sp³-hybridized carbons (Fsp3) is 0.154. The Balaban J connectivity index is 2.28. The molecule has 4 heteroatoms. The Morgan fingerprint density at radius 2 is 1.94 bits per heavy atom. The van der Waals surface area contributed by atoms with E-state index < -0.39 is 0 Å². The average molecular weight is 231 g/mol. The Morgan fingerprint density at radius 3 is 2.59 bits per heavy atom. The molecule has 0 atom stereocenters. The average Bonchev–Trinajstić information content (AvgIpc) is 2.22. The van der Waals surface area contributed by atoms with Crippen molar-refractivity contribution in [2.45, 2.75) is 13.8 Å². The van der Waals surface area contributed by atoms with Gasteiger partial charge in [0.25, 0.3) is 0 Å². The first-order valence-corrected chi connectivity index (χ1v) is 5.32. The number of pyridine rings is 1. The Bertz CT molecular complexity index is 532. The van der Waals surface area contributed by atoms with E-state index in [1.54, 1.807) is 12.1 Å². The number of aryl methyl sites for hydroxylation is 2. The van der Waals surface area contributed by atoms with E-state index >= 15 is 0 Å². The van der Waals surface area contributed by atoms with Crippen molar-refractivity contribution in [3.05, 3.63) is 47.4 Å². The van der Waals surface area contributed by atoms with Crippen LogP contribution in [0.2, 0.25) is 0 Å². The topological polar surface area (TPSA) is 50.9 Å². The van der Waals surface area contributed by atoms with E-state index in [1.165, 1.54) is 12.1 Å². The van der Waals surface area contributed by atoms with Gasteiger partial charge in [0.2, 0.25) is 0 Å². The van der Waals surface area contributed by atoms with Crippen molar-refractivity contribution in [3.63, 3.8) is 0 Å². The van der Waals surface area contributed by atoms with Crippen LogP contribution < -0.4 is 11.1 Å². The Hall–Kier alpha value is -2.10. The molecule has 0 saturated carbocycles. The molecule has 0 radical (unpaired) electrons. The zero-order chi connectivity index (χ0) is 12.4. The summed E-state index contributed by atoms with van der Waals surface area (Å²) < 4.78 is 13.2. The lowest BCUT2D eigenvalue weighted by atomic mass is 10.2. The van der Waals surface area contributed by atoms with E-state index in [0.29, 0.717) is 17.2 Å². The predicted molar refractivity (Wildman–Crippen MR) is 67.8 cm³/mol. The molecular formula is C13H14FN3. The van der Waals surface area contributed by atoms with Crippen molar-refractivity contribution in [1.29, 1.82) is 0 Å². The zero-order valence-corrected chi connectivity index (χ0v) is 9.79. The van der Waals surface area contributed by atoms with Gasteiger partial charge in [-0.15, -0.1) is 0 Å². The van der Waals surface area contributed by atoms with Crippen molar-refractivity contribution < 1.29 is 4.39 Å². The largest absolute Gasteiger partial charge is 0.397 e. The fourth-order valence-corrected chi connectivity index (χ4v) is 1.60. The van der Waals surface area contributed by atoms with E-state index in [0.717, 1.165) is 11.3 Å². The number of anilines is 3. The van der Waals surface area contributed by atoms with Crippen molar-refractivity contribution in [2.24, 2.45) is 0 Å². The molecule has 88 valence electrons. The maximum atomic E-state index is 13.2. The van der Waals surface area contributed by atoms with Crippen molar-refractivity contribution in [3.8, 4) is 0 Å². The third-order valence-electron chi connectivity index (χ3n) is 2.44. The third-order valence-corrected chi connectivity index (χ3v) is 2.44. The Labute approximate surface area is 99.5 Å². The van der Waals surface area contributed by atoms with Crippen LogP contribution in [-0.4, -0.2) is 4.98 Å². The van der Waals surface area contributed by atoms with Gasteiger partial charge in [-0.25, -0.2) is 9.37 Å². The molecular weight excluding hydrogens is 217 g/mol. The lowest BCUT2D eigenvalue weighted by Gasteiger charge is -2.08. The molecule has 0 aliphatic rings. The number of aromatic nitrogens is 1. The van der Waals surface area contributed by atoms with Gasteiger partial charge in [-0.05, 0) is 49.7 Å². The van der Waals surface area contributed by atoms with Gasteiger partial charge in [0, 0.05) is 5.69 Å². The molecule has 0 aliphatic carbocycles. The highest BCUT2D eigenvalue weighted by atomic mass is 19.1. The lowest BCUT2D eigenvalue weighted by Crippen LogP contribution is -1.98. The van der Waals surface area contributed by atoms with Crippen LogP contribution in [0, 0.1) is 19.7 Å². The SMILES string of the molecule is Cc1cc(F)cc(Nc2ccc(N)c(C)n2)c1. The van der Waals surface area contributed by atoms with Gasteiger partial charge in [-0.1, -0.05) is 0 Å². The van der Waals surface area contributed by atoms with Crippen LogP contribution in [0.1, 0.15) is 11.3 Å². The maximum Gasteiger partial charge on any atom is 0.130 e. The van der Waals surface area contributed by atoms with Gasteiger partial charge in [0.15, 0.2) is 0 Å². The van der Waals surface area contributed by atoms with Crippen LogP contribution in [0.4, 0.5) is 21.6 Å². The minimum absolute atomic E-state index is 0.264. The molecule has 0 aliphatic heterocycles. The van der Waals surface area contributed by atoms with Crippen LogP contribution in [0.15, 0.2) is 30.3 Å². The van der Waals surface area contributed by atoms with Crippen LogP contribution in [0.5, 0.6) is 0 Å². The standard InChI is InChI=1S/C13H14FN3/c1-8-5-10(14)7-11(6-8)17-13-4-3-12(15)9(2)16-13/h3-7H,15H2,1-2H3,(H,16,17). The van der Waals surface area contributed by atoms with Crippen LogP contribution in [0.25, 0.3) is 0 Å². The lowest BCUT2D eigenvalue weighted by molar-refractivity contribution is 0.627. The normalized spacial score (nSPS) is 10.3. The summed E-state index contributed by atoms with van der Waals surface area (Å²) in [6.45, 7) is 3.67. The van der Waals surface area contributed by atoms with Gasteiger partial charge in [-0.3, -0.25) is 0 Å². The first-order valence-electron chi connectivity index (χ1n) is 5.32. The molecule has 17 heavy (non-hydrogen) atoms. The number of nitrogens with one attached hydrogen (secondary N) is 1. The minimum Gasteiger partial charge on any atom is -0.397 e. The van der Waals surface area contributed by atoms with E-state index in [9.17, 15) is 4.39 Å². The van der Waals surface area contributed by atoms with Gasteiger partial charge in [0.05, 0.1) is 11.4 Å². The molecule has 0 unspecified atom stereocenters. The summed E-state index contributed by atoms with van der Waals surface area (Å²) in [7, 11) is 0. The Kier molecular flexibility index (Phi) is 2.95. The molecule has 0 saturated heterocycles. The number of nitrogens with two attached hydrogens (primary N) is 1. The number of benzene rings is 1. The van der Waals surface area contributed by atoms with Gasteiger partial charge in [0.1, 0.15) is 11.6 Å². The zero-order valence-electron chi connectivity index (χ0n) is 9.79. The highest BCUT2D eigenvalue weighted by Crippen LogP contribution is 2.19. The van der Waals surface area contributed by atoms with Crippen LogP contribution >= 0.6 is 0 Å². The Morgan fingerprint density at radius 1 is 1.18 bits per heavy atom. The monoisotopic (exact) mass is 231 g/mol. The second-order valence-corrected chi connectivity index (χ2v) is 4.01. The molecule has 0 bridgehead atoms. The van der Waals surface area contributed by atoms with Gasteiger partial charge in [-0.2, -0.15) is 0 Å². The molecule has 1 heterocycles. The van der Waals surface area contributed by atoms with Crippen molar-refractivity contribution in [1.82, 2.24) is 4.98 Å². The minimum atomic E-state index is -0.264. The van der Waals surface area contributed by atoms with Crippen LogP contribution in [0.3, 0.4) is 0 Å². The fourth-order valence-electron chi connectivity index (χ4n) is 1.60. The summed E-state index contributed by atoms with van der Waals surface area (Å²) >= 11 is 0. The highest BCUT2D eigenvalue weighted by Gasteiger charge is 2.01. The summed E-state index contributed by atoms with van der Waals surface area (Å²) in [6.07, 6.45) is 0. The summed E-state index contributed by atoms with van der Waals surface area (Å²) in [6, 6.07) is 8.31. The molecule has 3 nitrogen and oxygen atoms in total. The quantitative estimate of drug-likeness (QED) is 0.834. The van der Waals surface area contributed by atoms with Crippen LogP contribution in [-0.2, 0) is 0 Å². The van der Waals surface area contributed by atoms with Crippen molar-refractivity contribution in [2.75, 3.05) is 11.1 Å². The molecule has 1 aromatic heterocycles. The molecule has 3 N–H and O–H groups in total. The summed E-state index contributed by atoms with van der Waals surface area (Å²) in [4.78, 5) is 4.27. The summed E-state index contributed by atoms with van der Waals surface area (Å²) in [5.41, 5.74) is 8.62.